The first-order chi connectivity index (χ1) is 12.6. The van der Waals surface area contributed by atoms with Crippen LogP contribution in [-0.4, -0.2) is 15.0 Å². The zero-order valence-corrected chi connectivity index (χ0v) is 14.9. The highest BCUT2D eigenvalue weighted by Gasteiger charge is 2.11. The smallest absolute Gasteiger partial charge is 0.0702 e. The average Bonchev–Trinajstić information content (AvgIpc) is 2.68. The van der Waals surface area contributed by atoms with E-state index in [4.69, 9.17) is 0 Å². The Morgan fingerprint density at radius 1 is 0.923 bits per heavy atom. The summed E-state index contributed by atoms with van der Waals surface area (Å²) >= 11 is 0. The number of aryl methyl sites for hydroxylation is 2. The lowest BCUT2D eigenvalue weighted by atomic mass is 9.94. The van der Waals surface area contributed by atoms with Gasteiger partial charge in [0.05, 0.1) is 5.52 Å². The largest absolute Gasteiger partial charge is 0.264 e. The van der Waals surface area contributed by atoms with Gasteiger partial charge in [0.25, 0.3) is 0 Å². The fraction of sp³-hybridized carbons (Fsp3) is 0.0870. The van der Waals surface area contributed by atoms with Crippen molar-refractivity contribution in [2.75, 3.05) is 0 Å². The third kappa shape index (κ3) is 2.88. The number of rotatable bonds is 3. The van der Waals surface area contributed by atoms with Crippen molar-refractivity contribution in [2.24, 2.45) is 0 Å². The van der Waals surface area contributed by atoms with E-state index in [1.807, 2.05) is 49.9 Å². The minimum absolute atomic E-state index is 0.962. The monoisotopic (exact) mass is 337 g/mol. The zero-order valence-electron chi connectivity index (χ0n) is 14.9. The first kappa shape index (κ1) is 16.2. The number of hydrogen-bond acceptors (Lipinski definition) is 3. The molecule has 26 heavy (non-hydrogen) atoms. The molecule has 0 saturated heterocycles. The molecule has 0 bridgehead atoms. The predicted octanol–water partition coefficient (Wildman–Crippen LogP) is 5.37. The molecule has 0 aliphatic rings. The molecule has 0 atom stereocenters. The Hall–Kier alpha value is -3.33. The summed E-state index contributed by atoms with van der Waals surface area (Å²) in [6, 6.07) is 14.4. The topological polar surface area (TPSA) is 38.7 Å². The van der Waals surface area contributed by atoms with Gasteiger partial charge in [0.15, 0.2) is 0 Å². The molecule has 3 nitrogen and oxygen atoms in total. The molecule has 0 unspecified atom stereocenters. The van der Waals surface area contributed by atoms with Crippen LogP contribution in [0.15, 0.2) is 73.8 Å². The summed E-state index contributed by atoms with van der Waals surface area (Å²) in [5.74, 6) is 0. The molecule has 0 N–H and O–H groups in total. The normalized spacial score (nSPS) is 10.8. The highest BCUT2D eigenvalue weighted by Crippen LogP contribution is 2.30. The molecule has 126 valence electrons. The van der Waals surface area contributed by atoms with Crippen LogP contribution in [0.1, 0.15) is 22.4 Å². The molecule has 0 fully saturated rings. The second-order valence-electron chi connectivity index (χ2n) is 6.44. The van der Waals surface area contributed by atoms with Crippen molar-refractivity contribution >= 4 is 16.5 Å². The summed E-state index contributed by atoms with van der Waals surface area (Å²) in [7, 11) is 0. The molecule has 0 amide bonds. The second-order valence-corrected chi connectivity index (χ2v) is 6.44. The number of aromatic nitrogens is 3. The number of fused-ring (bicyclic) bond motifs is 1. The Balaban J connectivity index is 1.80. The molecule has 3 aromatic heterocycles. The first-order valence-corrected chi connectivity index (χ1v) is 8.55. The molecule has 4 rings (SSSR count). The fourth-order valence-corrected chi connectivity index (χ4v) is 3.17. The molecule has 0 spiro atoms. The number of hydrogen-bond donors (Lipinski definition) is 0. The maximum Gasteiger partial charge on any atom is 0.0702 e. The van der Waals surface area contributed by atoms with E-state index in [1.54, 1.807) is 0 Å². The summed E-state index contributed by atoms with van der Waals surface area (Å²) in [4.78, 5) is 13.2. The number of nitrogens with zero attached hydrogens (tertiary/aromatic N) is 3. The van der Waals surface area contributed by atoms with Gasteiger partial charge in [-0.2, -0.15) is 0 Å². The number of pyridine rings is 3. The maximum absolute atomic E-state index is 4.60. The summed E-state index contributed by atoms with van der Waals surface area (Å²) in [5.41, 5.74) is 8.37. The van der Waals surface area contributed by atoms with Gasteiger partial charge in [-0.15, -0.1) is 0 Å². The van der Waals surface area contributed by atoms with E-state index in [0.29, 0.717) is 0 Å². The van der Waals surface area contributed by atoms with Crippen LogP contribution in [0.5, 0.6) is 0 Å². The first-order valence-electron chi connectivity index (χ1n) is 8.55. The molecule has 3 heteroatoms. The third-order valence-corrected chi connectivity index (χ3v) is 4.71. The molecule has 0 aliphatic carbocycles. The van der Waals surface area contributed by atoms with Gasteiger partial charge in [-0.3, -0.25) is 15.0 Å². The lowest BCUT2D eigenvalue weighted by molar-refractivity contribution is 1.18. The molecule has 3 heterocycles. The van der Waals surface area contributed by atoms with Gasteiger partial charge in [-0.1, -0.05) is 18.7 Å². The molecule has 0 saturated carbocycles. The second kappa shape index (κ2) is 6.52. The van der Waals surface area contributed by atoms with Crippen molar-refractivity contribution in [3.63, 3.8) is 0 Å². The maximum atomic E-state index is 4.60. The molecular weight excluding hydrogens is 318 g/mol. The average molecular weight is 337 g/mol. The van der Waals surface area contributed by atoms with Crippen molar-refractivity contribution in [3.05, 3.63) is 96.2 Å². The van der Waals surface area contributed by atoms with Gasteiger partial charge >= 0.3 is 0 Å². The van der Waals surface area contributed by atoms with E-state index < -0.39 is 0 Å². The molecule has 1 aromatic carbocycles. The quantitative estimate of drug-likeness (QED) is 0.504. The van der Waals surface area contributed by atoms with E-state index >= 15 is 0 Å². The molecule has 4 aromatic rings. The Morgan fingerprint density at radius 3 is 2.65 bits per heavy atom. The molecular formula is C23H19N3. The highest BCUT2D eigenvalue weighted by molar-refractivity contribution is 5.88. The molecule has 0 radical (unpaired) electrons. The van der Waals surface area contributed by atoms with Crippen molar-refractivity contribution in [2.45, 2.75) is 13.8 Å². The van der Waals surface area contributed by atoms with Gasteiger partial charge in [0.2, 0.25) is 0 Å². The lowest BCUT2D eigenvalue weighted by Gasteiger charge is -2.13. The van der Waals surface area contributed by atoms with Crippen LogP contribution in [0, 0.1) is 13.8 Å². The van der Waals surface area contributed by atoms with E-state index in [9.17, 15) is 0 Å². The van der Waals surface area contributed by atoms with Gasteiger partial charge in [-0.25, -0.2) is 0 Å². The van der Waals surface area contributed by atoms with Crippen LogP contribution in [0.25, 0.3) is 27.6 Å². The van der Waals surface area contributed by atoms with Crippen LogP contribution >= 0.6 is 0 Å². The minimum atomic E-state index is 0.962. The third-order valence-electron chi connectivity index (χ3n) is 4.71. The van der Waals surface area contributed by atoms with Gasteiger partial charge in [0, 0.05) is 52.6 Å². The Kier molecular flexibility index (Phi) is 4.05. The van der Waals surface area contributed by atoms with Crippen LogP contribution in [0.3, 0.4) is 0 Å². The SMILES string of the molecule is C=C(c1ccc2ncccc2c1)c1cc(-c2cnccc2C)cnc1C. The van der Waals surface area contributed by atoms with E-state index in [2.05, 4.69) is 52.7 Å². The summed E-state index contributed by atoms with van der Waals surface area (Å²) in [6.45, 7) is 8.45. The Morgan fingerprint density at radius 2 is 1.81 bits per heavy atom. The number of benzene rings is 1. The highest BCUT2D eigenvalue weighted by atomic mass is 14.7. The van der Waals surface area contributed by atoms with E-state index in [-0.39, 0.29) is 0 Å². The van der Waals surface area contributed by atoms with Crippen LogP contribution in [0.2, 0.25) is 0 Å². The van der Waals surface area contributed by atoms with Gasteiger partial charge in [-0.05, 0) is 60.9 Å². The van der Waals surface area contributed by atoms with Crippen molar-refractivity contribution in [1.82, 2.24) is 15.0 Å². The fourth-order valence-electron chi connectivity index (χ4n) is 3.17. The molecule has 0 aliphatic heterocycles. The van der Waals surface area contributed by atoms with Gasteiger partial charge < -0.3 is 0 Å². The van der Waals surface area contributed by atoms with E-state index in [1.165, 1.54) is 5.56 Å². The van der Waals surface area contributed by atoms with Gasteiger partial charge in [0.1, 0.15) is 0 Å². The van der Waals surface area contributed by atoms with Crippen molar-refractivity contribution in [1.29, 1.82) is 0 Å². The minimum Gasteiger partial charge on any atom is -0.264 e. The van der Waals surface area contributed by atoms with E-state index in [0.717, 1.165) is 44.4 Å². The van der Waals surface area contributed by atoms with Crippen LogP contribution in [-0.2, 0) is 0 Å². The van der Waals surface area contributed by atoms with Crippen molar-refractivity contribution in [3.8, 4) is 11.1 Å². The Labute approximate surface area is 153 Å². The van der Waals surface area contributed by atoms with Crippen molar-refractivity contribution < 1.29 is 0 Å². The standard InChI is InChI=1S/C23H19N3/c1-15-8-10-24-14-22(15)20-12-21(17(3)26-13-20)16(2)18-6-7-23-19(11-18)5-4-9-25-23/h4-14H,2H2,1,3H3. The summed E-state index contributed by atoms with van der Waals surface area (Å²) < 4.78 is 0. The Bertz CT molecular complexity index is 1130. The summed E-state index contributed by atoms with van der Waals surface area (Å²) in [5, 5.41) is 1.11. The van der Waals surface area contributed by atoms with Crippen LogP contribution < -0.4 is 0 Å². The zero-order chi connectivity index (χ0) is 18.1. The summed E-state index contributed by atoms with van der Waals surface area (Å²) in [6.07, 6.45) is 7.41. The predicted molar refractivity (Wildman–Crippen MR) is 107 cm³/mol. The van der Waals surface area contributed by atoms with Crippen LogP contribution in [0.4, 0.5) is 0 Å². The lowest BCUT2D eigenvalue weighted by Crippen LogP contribution is -1.96.